The van der Waals surface area contributed by atoms with Gasteiger partial charge in [0.25, 0.3) is 11.8 Å². The van der Waals surface area contributed by atoms with Gasteiger partial charge in [-0.15, -0.1) is 0 Å². The number of nitrogens with zero attached hydrogens (tertiary/aromatic N) is 1. The van der Waals surface area contributed by atoms with Crippen molar-refractivity contribution < 1.29 is 28.7 Å². The number of hydroxylamine groups is 2. The summed E-state index contributed by atoms with van der Waals surface area (Å²) in [5.41, 5.74) is -0.828. The van der Waals surface area contributed by atoms with Gasteiger partial charge in [0, 0.05) is 13.0 Å². The Morgan fingerprint density at radius 2 is 1.91 bits per heavy atom. The monoisotopic (exact) mass is 305 g/mol. The number of imide groups is 1. The van der Waals surface area contributed by atoms with Gasteiger partial charge < -0.3 is 14.3 Å². The van der Waals surface area contributed by atoms with Crippen LogP contribution >= 0.6 is 0 Å². The standard InChI is InChI=1S/C15H15NO6/c1-2-21-15(7-8-20-9-15)14(19)22-16-12(17)10-5-3-4-6-11(10)13(16)18/h3-6H,2,7-9H2,1H3. The minimum absolute atomic E-state index is 0.0445. The quantitative estimate of drug-likeness (QED) is 0.770. The van der Waals surface area contributed by atoms with Crippen LogP contribution in [0.3, 0.4) is 0 Å². The molecule has 1 unspecified atom stereocenters. The molecule has 7 heteroatoms. The Labute approximate surface area is 126 Å². The van der Waals surface area contributed by atoms with Gasteiger partial charge in [-0.25, -0.2) is 4.79 Å². The molecular formula is C15H15NO6. The van der Waals surface area contributed by atoms with Crippen molar-refractivity contribution in [2.75, 3.05) is 19.8 Å². The fourth-order valence-corrected chi connectivity index (χ4v) is 2.57. The molecule has 0 bridgehead atoms. The van der Waals surface area contributed by atoms with Gasteiger partial charge in [0.1, 0.15) is 0 Å². The van der Waals surface area contributed by atoms with Crippen molar-refractivity contribution in [3.8, 4) is 0 Å². The van der Waals surface area contributed by atoms with Gasteiger partial charge in [-0.2, -0.15) is 0 Å². The summed E-state index contributed by atoms with van der Waals surface area (Å²) in [6.45, 7) is 2.44. The van der Waals surface area contributed by atoms with Crippen molar-refractivity contribution in [2.24, 2.45) is 0 Å². The summed E-state index contributed by atoms with van der Waals surface area (Å²) in [7, 11) is 0. The summed E-state index contributed by atoms with van der Waals surface area (Å²) in [6.07, 6.45) is 0.322. The van der Waals surface area contributed by atoms with Crippen molar-refractivity contribution in [1.29, 1.82) is 0 Å². The van der Waals surface area contributed by atoms with E-state index in [-0.39, 0.29) is 17.7 Å². The average molecular weight is 305 g/mol. The zero-order valence-corrected chi connectivity index (χ0v) is 12.0. The molecular weight excluding hydrogens is 290 g/mol. The van der Waals surface area contributed by atoms with Crippen molar-refractivity contribution in [3.63, 3.8) is 0 Å². The van der Waals surface area contributed by atoms with E-state index in [1.807, 2.05) is 0 Å². The molecule has 0 spiro atoms. The third-order valence-corrected chi connectivity index (χ3v) is 3.71. The van der Waals surface area contributed by atoms with Crippen molar-refractivity contribution in [1.82, 2.24) is 5.06 Å². The molecule has 0 aromatic heterocycles. The summed E-state index contributed by atoms with van der Waals surface area (Å²) < 4.78 is 10.7. The van der Waals surface area contributed by atoms with Gasteiger partial charge in [-0.3, -0.25) is 9.59 Å². The molecule has 1 aromatic carbocycles. The Morgan fingerprint density at radius 1 is 1.27 bits per heavy atom. The van der Waals surface area contributed by atoms with Crippen LogP contribution in [-0.2, 0) is 19.1 Å². The molecule has 2 aliphatic heterocycles. The van der Waals surface area contributed by atoms with Crippen LogP contribution in [0.25, 0.3) is 0 Å². The van der Waals surface area contributed by atoms with Crippen LogP contribution in [0.5, 0.6) is 0 Å². The smallest absolute Gasteiger partial charge is 0.367 e. The van der Waals surface area contributed by atoms with Gasteiger partial charge in [-0.1, -0.05) is 17.2 Å². The first-order valence-electron chi connectivity index (χ1n) is 7.01. The topological polar surface area (TPSA) is 82.1 Å². The molecule has 0 radical (unpaired) electrons. The molecule has 22 heavy (non-hydrogen) atoms. The number of hydrogen-bond acceptors (Lipinski definition) is 6. The zero-order valence-electron chi connectivity index (χ0n) is 12.0. The molecule has 0 aliphatic carbocycles. The summed E-state index contributed by atoms with van der Waals surface area (Å²) in [6, 6.07) is 6.31. The number of ether oxygens (including phenoxy) is 2. The first kappa shape index (κ1) is 14.7. The summed E-state index contributed by atoms with van der Waals surface area (Å²) in [5, 5.41) is 0.492. The second-order valence-corrected chi connectivity index (χ2v) is 5.06. The molecule has 7 nitrogen and oxygen atoms in total. The lowest BCUT2D eigenvalue weighted by Crippen LogP contribution is -2.47. The normalized spacial score (nSPS) is 23.8. The van der Waals surface area contributed by atoms with Crippen LogP contribution in [-0.4, -0.2) is 48.3 Å². The third kappa shape index (κ3) is 2.18. The second-order valence-electron chi connectivity index (χ2n) is 5.06. The van der Waals surface area contributed by atoms with E-state index < -0.39 is 23.4 Å². The maximum absolute atomic E-state index is 12.4. The molecule has 2 aliphatic rings. The van der Waals surface area contributed by atoms with Crippen molar-refractivity contribution in [3.05, 3.63) is 35.4 Å². The molecule has 2 heterocycles. The highest BCUT2D eigenvalue weighted by molar-refractivity contribution is 6.20. The highest BCUT2D eigenvalue weighted by atomic mass is 16.7. The lowest BCUT2D eigenvalue weighted by molar-refractivity contribution is -0.195. The first-order valence-corrected chi connectivity index (χ1v) is 7.01. The number of carbonyl (C=O) groups is 3. The van der Waals surface area contributed by atoms with Crippen LogP contribution in [0.15, 0.2) is 24.3 Å². The molecule has 1 fully saturated rings. The second kappa shape index (κ2) is 5.51. The van der Waals surface area contributed by atoms with Gasteiger partial charge in [-0.05, 0) is 19.1 Å². The zero-order chi connectivity index (χ0) is 15.7. The van der Waals surface area contributed by atoms with Crippen LogP contribution in [0.2, 0.25) is 0 Å². The van der Waals surface area contributed by atoms with Crippen LogP contribution in [0.4, 0.5) is 0 Å². The number of benzene rings is 1. The lowest BCUT2D eigenvalue weighted by atomic mass is 10.0. The van der Waals surface area contributed by atoms with E-state index in [0.717, 1.165) is 0 Å². The summed E-state index contributed by atoms with van der Waals surface area (Å²) >= 11 is 0. The Balaban J connectivity index is 1.81. The Morgan fingerprint density at radius 3 is 2.41 bits per heavy atom. The largest absolute Gasteiger partial charge is 0.378 e. The van der Waals surface area contributed by atoms with E-state index in [1.54, 1.807) is 19.1 Å². The Bertz CT molecular complexity index is 600. The molecule has 3 rings (SSSR count). The maximum Gasteiger partial charge on any atom is 0.367 e. The fourth-order valence-electron chi connectivity index (χ4n) is 2.57. The van der Waals surface area contributed by atoms with Crippen LogP contribution in [0, 0.1) is 0 Å². The minimum Gasteiger partial charge on any atom is -0.378 e. The van der Waals surface area contributed by atoms with Gasteiger partial charge in [0.2, 0.25) is 0 Å². The number of rotatable bonds is 4. The van der Waals surface area contributed by atoms with Crippen molar-refractivity contribution >= 4 is 17.8 Å². The predicted octanol–water partition coefficient (Wildman–Crippen LogP) is 0.936. The van der Waals surface area contributed by atoms with Crippen LogP contribution in [0.1, 0.15) is 34.1 Å². The molecule has 1 aromatic rings. The van der Waals surface area contributed by atoms with E-state index in [2.05, 4.69) is 0 Å². The highest BCUT2D eigenvalue weighted by Crippen LogP contribution is 2.28. The summed E-state index contributed by atoms with van der Waals surface area (Å²) in [5.74, 6) is -2.10. The van der Waals surface area contributed by atoms with Crippen molar-refractivity contribution in [2.45, 2.75) is 18.9 Å². The minimum atomic E-state index is -1.26. The van der Waals surface area contributed by atoms with E-state index in [9.17, 15) is 14.4 Å². The number of hydrogen-bond donors (Lipinski definition) is 0. The van der Waals surface area contributed by atoms with Gasteiger partial charge in [0.15, 0.2) is 5.60 Å². The molecule has 0 saturated carbocycles. The molecule has 1 atom stereocenters. The fraction of sp³-hybridized carbons (Fsp3) is 0.400. The van der Waals surface area contributed by atoms with E-state index in [0.29, 0.717) is 24.7 Å². The van der Waals surface area contributed by atoms with E-state index in [1.165, 1.54) is 12.1 Å². The van der Waals surface area contributed by atoms with E-state index in [4.69, 9.17) is 14.3 Å². The van der Waals surface area contributed by atoms with Crippen LogP contribution < -0.4 is 0 Å². The Kier molecular flexibility index (Phi) is 3.67. The predicted molar refractivity (Wildman–Crippen MR) is 72.8 cm³/mol. The SMILES string of the molecule is CCOC1(C(=O)ON2C(=O)c3ccccc3C2=O)CCOC1. The third-order valence-electron chi connectivity index (χ3n) is 3.71. The number of carbonyl (C=O) groups excluding carboxylic acids is 3. The lowest BCUT2D eigenvalue weighted by Gasteiger charge is -2.26. The average Bonchev–Trinajstić information content (AvgIpc) is 3.09. The Hall–Kier alpha value is -2.25. The number of amides is 2. The molecule has 1 saturated heterocycles. The van der Waals surface area contributed by atoms with Gasteiger partial charge >= 0.3 is 5.97 Å². The molecule has 116 valence electrons. The summed E-state index contributed by atoms with van der Waals surface area (Å²) in [4.78, 5) is 41.8. The molecule has 2 amide bonds. The van der Waals surface area contributed by atoms with E-state index >= 15 is 0 Å². The highest BCUT2D eigenvalue weighted by Gasteiger charge is 2.48. The number of fused-ring (bicyclic) bond motifs is 1. The maximum atomic E-state index is 12.4. The first-order chi connectivity index (χ1) is 10.6. The van der Waals surface area contributed by atoms with Gasteiger partial charge in [0.05, 0.1) is 24.3 Å². The molecule has 0 N–H and O–H groups in total.